The fraction of sp³-hybridized carbons (Fsp3) is 0.533. The second-order valence-electron chi connectivity index (χ2n) is 5.83. The molecule has 106 valence electrons. The van der Waals surface area contributed by atoms with Crippen molar-refractivity contribution in [2.24, 2.45) is 17.8 Å². The van der Waals surface area contributed by atoms with Gasteiger partial charge in [-0.05, 0) is 61.6 Å². The average Bonchev–Trinajstić information content (AvgIpc) is 3.32. The van der Waals surface area contributed by atoms with Crippen LogP contribution in [0.5, 0.6) is 0 Å². The number of nitrogens with zero attached hydrogens (tertiary/aromatic N) is 1. The Bertz CT molecular complexity index is 628. The summed E-state index contributed by atoms with van der Waals surface area (Å²) in [5.74, 6) is 1.94. The third-order valence-corrected chi connectivity index (χ3v) is 5.66. The fourth-order valence-corrected chi connectivity index (χ4v) is 3.91. The number of hydrogen-bond acceptors (Lipinski definition) is 3. The molecule has 0 saturated heterocycles. The van der Waals surface area contributed by atoms with Crippen LogP contribution in [0.15, 0.2) is 29.2 Å². The van der Waals surface area contributed by atoms with Crippen LogP contribution in [0.2, 0.25) is 0 Å². The van der Waals surface area contributed by atoms with Gasteiger partial charge in [0.25, 0.3) is 0 Å². The normalized spacial score (nSPS) is 19.0. The smallest absolute Gasteiger partial charge is 0.211 e. The van der Waals surface area contributed by atoms with Crippen molar-refractivity contribution in [3.05, 3.63) is 29.8 Å². The SMILES string of the molecule is N#Cc1cccc(S(=O)(=O)NCC(C2CC2)C2CC2)c1. The summed E-state index contributed by atoms with van der Waals surface area (Å²) >= 11 is 0. The Kier molecular flexibility index (Phi) is 3.53. The molecule has 1 aromatic carbocycles. The topological polar surface area (TPSA) is 70.0 Å². The van der Waals surface area contributed by atoms with Gasteiger partial charge in [0.15, 0.2) is 0 Å². The van der Waals surface area contributed by atoms with Gasteiger partial charge in [0.2, 0.25) is 10.0 Å². The van der Waals surface area contributed by atoms with E-state index in [0.717, 1.165) is 11.8 Å². The summed E-state index contributed by atoms with van der Waals surface area (Å²) in [7, 11) is -3.50. The molecule has 2 saturated carbocycles. The maximum Gasteiger partial charge on any atom is 0.240 e. The molecule has 0 aliphatic heterocycles. The molecule has 3 rings (SSSR count). The summed E-state index contributed by atoms with van der Waals surface area (Å²) in [4.78, 5) is 0.182. The summed E-state index contributed by atoms with van der Waals surface area (Å²) in [6.45, 7) is 0.536. The van der Waals surface area contributed by atoms with Gasteiger partial charge in [-0.3, -0.25) is 0 Å². The molecule has 0 heterocycles. The first-order valence-electron chi connectivity index (χ1n) is 7.10. The Morgan fingerprint density at radius 1 is 1.25 bits per heavy atom. The van der Waals surface area contributed by atoms with E-state index in [4.69, 9.17) is 5.26 Å². The van der Waals surface area contributed by atoms with Gasteiger partial charge < -0.3 is 0 Å². The lowest BCUT2D eigenvalue weighted by Gasteiger charge is -2.16. The van der Waals surface area contributed by atoms with Gasteiger partial charge in [-0.1, -0.05) is 6.07 Å². The van der Waals surface area contributed by atoms with Crippen molar-refractivity contribution >= 4 is 10.0 Å². The molecule has 1 N–H and O–H groups in total. The van der Waals surface area contributed by atoms with E-state index in [-0.39, 0.29) is 4.90 Å². The monoisotopic (exact) mass is 290 g/mol. The van der Waals surface area contributed by atoms with Crippen molar-refractivity contribution in [3.8, 4) is 6.07 Å². The predicted octanol–water partition coefficient (Wildman–Crippen LogP) is 2.27. The summed E-state index contributed by atoms with van der Waals surface area (Å²) in [5, 5.41) is 8.84. The minimum Gasteiger partial charge on any atom is -0.211 e. The van der Waals surface area contributed by atoms with Crippen molar-refractivity contribution in [1.82, 2.24) is 4.72 Å². The highest BCUT2D eigenvalue weighted by molar-refractivity contribution is 7.89. The standard InChI is InChI=1S/C15H18N2O2S/c16-9-11-2-1-3-14(8-11)20(18,19)17-10-15(12-4-5-12)13-6-7-13/h1-3,8,12-13,15,17H,4-7,10H2. The minimum absolute atomic E-state index is 0.182. The number of nitriles is 1. The quantitative estimate of drug-likeness (QED) is 0.873. The molecule has 5 heteroatoms. The van der Waals surface area contributed by atoms with Gasteiger partial charge in [0, 0.05) is 6.54 Å². The zero-order valence-corrected chi connectivity index (χ0v) is 12.1. The van der Waals surface area contributed by atoms with Crippen LogP contribution in [0.1, 0.15) is 31.2 Å². The van der Waals surface area contributed by atoms with Crippen molar-refractivity contribution in [3.63, 3.8) is 0 Å². The van der Waals surface area contributed by atoms with Crippen LogP contribution >= 0.6 is 0 Å². The van der Waals surface area contributed by atoms with Gasteiger partial charge in [0.1, 0.15) is 0 Å². The third kappa shape index (κ3) is 3.02. The molecule has 0 amide bonds. The molecule has 0 bridgehead atoms. The van der Waals surface area contributed by atoms with Crippen molar-refractivity contribution in [2.75, 3.05) is 6.54 Å². The van der Waals surface area contributed by atoms with E-state index in [1.165, 1.54) is 37.8 Å². The molecule has 2 aliphatic carbocycles. The number of hydrogen-bond donors (Lipinski definition) is 1. The average molecular weight is 290 g/mol. The number of benzene rings is 1. The van der Waals surface area contributed by atoms with E-state index in [0.29, 0.717) is 18.0 Å². The van der Waals surface area contributed by atoms with E-state index in [2.05, 4.69) is 4.72 Å². The minimum atomic E-state index is -3.50. The highest BCUT2D eigenvalue weighted by atomic mass is 32.2. The van der Waals surface area contributed by atoms with Crippen molar-refractivity contribution in [1.29, 1.82) is 5.26 Å². The Labute approximate surface area is 119 Å². The van der Waals surface area contributed by atoms with Crippen LogP contribution in [0, 0.1) is 29.1 Å². The zero-order chi connectivity index (χ0) is 14.2. The van der Waals surface area contributed by atoms with Gasteiger partial charge >= 0.3 is 0 Å². The molecule has 0 atom stereocenters. The summed E-state index contributed by atoms with van der Waals surface area (Å²) < 4.78 is 27.3. The molecule has 0 aromatic heterocycles. The summed E-state index contributed by atoms with van der Waals surface area (Å²) in [6.07, 6.45) is 4.97. The summed E-state index contributed by atoms with van der Waals surface area (Å²) in [6, 6.07) is 8.14. The Morgan fingerprint density at radius 2 is 1.90 bits per heavy atom. The van der Waals surface area contributed by atoms with E-state index < -0.39 is 10.0 Å². The third-order valence-electron chi connectivity index (χ3n) is 4.24. The van der Waals surface area contributed by atoms with Crippen LogP contribution in [-0.2, 0) is 10.0 Å². The maximum atomic E-state index is 12.3. The molecule has 0 spiro atoms. The Morgan fingerprint density at radius 3 is 2.45 bits per heavy atom. The molecule has 4 nitrogen and oxygen atoms in total. The van der Waals surface area contributed by atoms with Crippen molar-refractivity contribution < 1.29 is 8.42 Å². The largest absolute Gasteiger partial charge is 0.240 e. The molecule has 1 aromatic rings. The lowest BCUT2D eigenvalue weighted by molar-refractivity contribution is 0.401. The second kappa shape index (κ2) is 5.19. The van der Waals surface area contributed by atoms with Gasteiger partial charge in [0.05, 0.1) is 16.5 Å². The first-order valence-corrected chi connectivity index (χ1v) is 8.58. The van der Waals surface area contributed by atoms with Gasteiger partial charge in [-0.15, -0.1) is 0 Å². The second-order valence-corrected chi connectivity index (χ2v) is 7.60. The molecule has 20 heavy (non-hydrogen) atoms. The van der Waals surface area contributed by atoms with E-state index in [1.54, 1.807) is 12.1 Å². The van der Waals surface area contributed by atoms with Crippen LogP contribution in [0.25, 0.3) is 0 Å². The Hall–Kier alpha value is -1.38. The predicted molar refractivity (Wildman–Crippen MR) is 75.3 cm³/mol. The number of rotatable bonds is 6. The number of nitrogens with one attached hydrogen (secondary N) is 1. The maximum absolute atomic E-state index is 12.3. The van der Waals surface area contributed by atoms with Gasteiger partial charge in [-0.25, -0.2) is 13.1 Å². The molecule has 0 unspecified atom stereocenters. The van der Waals surface area contributed by atoms with E-state index in [9.17, 15) is 8.42 Å². The lowest BCUT2D eigenvalue weighted by atomic mass is 9.99. The highest BCUT2D eigenvalue weighted by Gasteiger charge is 2.41. The van der Waals surface area contributed by atoms with Gasteiger partial charge in [-0.2, -0.15) is 5.26 Å². The van der Waals surface area contributed by atoms with E-state index >= 15 is 0 Å². The Balaban J connectivity index is 1.69. The molecule has 2 aliphatic rings. The zero-order valence-electron chi connectivity index (χ0n) is 11.2. The molecular formula is C15H18N2O2S. The number of sulfonamides is 1. The first kappa shape index (κ1) is 13.6. The lowest BCUT2D eigenvalue weighted by Crippen LogP contribution is -2.31. The molecule has 2 fully saturated rings. The van der Waals surface area contributed by atoms with Crippen LogP contribution in [-0.4, -0.2) is 15.0 Å². The van der Waals surface area contributed by atoms with Crippen LogP contribution in [0.4, 0.5) is 0 Å². The fourth-order valence-electron chi connectivity index (χ4n) is 2.79. The van der Waals surface area contributed by atoms with Crippen molar-refractivity contribution in [2.45, 2.75) is 30.6 Å². The van der Waals surface area contributed by atoms with Crippen LogP contribution < -0.4 is 4.72 Å². The van der Waals surface area contributed by atoms with E-state index in [1.807, 2.05) is 6.07 Å². The van der Waals surface area contributed by atoms with Crippen LogP contribution in [0.3, 0.4) is 0 Å². The first-order chi connectivity index (χ1) is 9.60. The highest BCUT2D eigenvalue weighted by Crippen LogP contribution is 2.48. The molecule has 0 radical (unpaired) electrons. The summed E-state index contributed by atoms with van der Waals surface area (Å²) in [5.41, 5.74) is 0.369. The molecular weight excluding hydrogens is 272 g/mol.